The van der Waals surface area contributed by atoms with E-state index < -0.39 is 5.41 Å². The second kappa shape index (κ2) is 6.08. The number of ether oxygens (including phenoxy) is 1. The molecule has 1 aliphatic carbocycles. The van der Waals surface area contributed by atoms with Crippen LogP contribution in [-0.2, 0) is 21.6 Å². The number of halogens is 1. The zero-order valence-corrected chi connectivity index (χ0v) is 12.8. The van der Waals surface area contributed by atoms with Crippen LogP contribution < -0.4 is 10.9 Å². The second-order valence-electron chi connectivity index (χ2n) is 5.40. The van der Waals surface area contributed by atoms with E-state index in [4.69, 9.17) is 16.3 Å². The number of hydrazine groups is 1. The second-order valence-corrected chi connectivity index (χ2v) is 5.79. The highest BCUT2D eigenvalue weighted by Gasteiger charge is 2.49. The molecule has 0 radical (unpaired) electrons. The maximum Gasteiger partial charge on any atom is 0.244 e. The molecule has 1 amide bonds. The zero-order valence-electron chi connectivity index (χ0n) is 12.0. The first kappa shape index (κ1) is 15.2. The summed E-state index contributed by atoms with van der Waals surface area (Å²) in [5, 5.41) is 0.394. The minimum atomic E-state index is -0.516. The quantitative estimate of drug-likeness (QED) is 0.642. The molecule has 0 spiro atoms. The molecule has 1 heterocycles. The predicted molar refractivity (Wildman–Crippen MR) is 77.2 cm³/mol. The van der Waals surface area contributed by atoms with E-state index in [2.05, 4.69) is 22.8 Å². The van der Waals surface area contributed by atoms with E-state index >= 15 is 0 Å². The number of rotatable bonds is 5. The van der Waals surface area contributed by atoms with Crippen molar-refractivity contribution in [1.82, 2.24) is 15.8 Å². The molecule has 0 aromatic carbocycles. The van der Waals surface area contributed by atoms with E-state index in [0.717, 1.165) is 24.1 Å². The fraction of sp³-hybridized carbons (Fsp3) is 0.571. The summed E-state index contributed by atoms with van der Waals surface area (Å²) < 4.78 is 5.10. The molecular weight excluding hydrogens is 278 g/mol. The fourth-order valence-corrected chi connectivity index (χ4v) is 3.19. The van der Waals surface area contributed by atoms with Gasteiger partial charge in [0.15, 0.2) is 0 Å². The number of hydrogen-bond acceptors (Lipinski definition) is 4. The van der Waals surface area contributed by atoms with Crippen molar-refractivity contribution in [2.24, 2.45) is 5.92 Å². The maximum absolute atomic E-state index is 12.4. The van der Waals surface area contributed by atoms with Gasteiger partial charge in [-0.25, -0.2) is 10.4 Å². The molecule has 0 saturated heterocycles. The van der Waals surface area contributed by atoms with Gasteiger partial charge >= 0.3 is 0 Å². The van der Waals surface area contributed by atoms with Crippen LogP contribution in [0.1, 0.15) is 31.0 Å². The van der Waals surface area contributed by atoms with Gasteiger partial charge in [-0.3, -0.25) is 10.2 Å². The van der Waals surface area contributed by atoms with Gasteiger partial charge in [0.05, 0.1) is 17.7 Å². The first-order valence-corrected chi connectivity index (χ1v) is 7.02. The number of amides is 1. The van der Waals surface area contributed by atoms with E-state index in [1.807, 2.05) is 6.07 Å². The summed E-state index contributed by atoms with van der Waals surface area (Å²) in [6.07, 6.45) is 1.63. The van der Waals surface area contributed by atoms with Crippen LogP contribution in [0.3, 0.4) is 0 Å². The molecule has 0 atom stereocenters. The molecule has 1 aromatic heterocycles. The highest BCUT2D eigenvalue weighted by Crippen LogP contribution is 2.48. The Morgan fingerprint density at radius 1 is 1.55 bits per heavy atom. The topological polar surface area (TPSA) is 63.2 Å². The SMILES string of the molecule is CNNC(=O)C1(c2cc(Cl)nc(COC)c2)CC(C)C1. The van der Waals surface area contributed by atoms with Crippen molar-refractivity contribution in [2.45, 2.75) is 31.8 Å². The lowest BCUT2D eigenvalue weighted by Gasteiger charge is -2.45. The molecule has 1 fully saturated rings. The number of nitrogens with one attached hydrogen (secondary N) is 2. The van der Waals surface area contributed by atoms with Crippen LogP contribution >= 0.6 is 11.6 Å². The third kappa shape index (κ3) is 2.80. The number of carbonyl (C=O) groups excluding carboxylic acids is 1. The summed E-state index contributed by atoms with van der Waals surface area (Å²) in [6, 6.07) is 3.69. The summed E-state index contributed by atoms with van der Waals surface area (Å²) in [5.74, 6) is 0.499. The Morgan fingerprint density at radius 2 is 2.25 bits per heavy atom. The Bertz CT molecular complexity index is 501. The monoisotopic (exact) mass is 297 g/mol. The zero-order chi connectivity index (χ0) is 14.8. The first-order chi connectivity index (χ1) is 9.51. The van der Waals surface area contributed by atoms with Crippen LogP contribution in [0.15, 0.2) is 12.1 Å². The van der Waals surface area contributed by atoms with Gasteiger partial charge in [0.2, 0.25) is 5.91 Å². The van der Waals surface area contributed by atoms with E-state index in [0.29, 0.717) is 17.7 Å². The number of hydrogen-bond donors (Lipinski definition) is 2. The van der Waals surface area contributed by atoms with E-state index in [9.17, 15) is 4.79 Å². The molecule has 1 aromatic rings. The molecule has 0 aliphatic heterocycles. The number of pyridine rings is 1. The number of carbonyl (C=O) groups is 1. The lowest BCUT2D eigenvalue weighted by Crippen LogP contribution is -2.55. The summed E-state index contributed by atoms with van der Waals surface area (Å²) in [7, 11) is 3.29. The van der Waals surface area contributed by atoms with Crippen molar-refractivity contribution in [2.75, 3.05) is 14.2 Å². The molecule has 0 unspecified atom stereocenters. The van der Waals surface area contributed by atoms with E-state index in [-0.39, 0.29) is 5.91 Å². The molecule has 2 N–H and O–H groups in total. The van der Waals surface area contributed by atoms with Crippen LogP contribution in [0.5, 0.6) is 0 Å². The van der Waals surface area contributed by atoms with Gasteiger partial charge in [-0.15, -0.1) is 0 Å². The Labute approximate surface area is 124 Å². The first-order valence-electron chi connectivity index (χ1n) is 6.65. The molecular formula is C14H20ClN3O2. The minimum absolute atomic E-state index is 0.0243. The van der Waals surface area contributed by atoms with Gasteiger partial charge < -0.3 is 4.74 Å². The minimum Gasteiger partial charge on any atom is -0.378 e. The van der Waals surface area contributed by atoms with Gasteiger partial charge in [-0.1, -0.05) is 18.5 Å². The van der Waals surface area contributed by atoms with Crippen molar-refractivity contribution >= 4 is 17.5 Å². The Morgan fingerprint density at radius 3 is 2.80 bits per heavy atom. The molecule has 110 valence electrons. The summed E-state index contributed by atoms with van der Waals surface area (Å²) >= 11 is 6.08. The van der Waals surface area contributed by atoms with Crippen molar-refractivity contribution in [3.63, 3.8) is 0 Å². The van der Waals surface area contributed by atoms with Crippen LogP contribution in [0.25, 0.3) is 0 Å². The average Bonchev–Trinajstić information content (AvgIpc) is 2.34. The van der Waals surface area contributed by atoms with Gasteiger partial charge in [-0.05, 0) is 36.5 Å². The van der Waals surface area contributed by atoms with Gasteiger partial charge in [0, 0.05) is 14.2 Å². The average molecular weight is 298 g/mol. The lowest BCUT2D eigenvalue weighted by atomic mass is 9.58. The third-order valence-electron chi connectivity index (χ3n) is 3.76. The van der Waals surface area contributed by atoms with Crippen LogP contribution in [-0.4, -0.2) is 25.0 Å². The Balaban J connectivity index is 2.37. The summed E-state index contributed by atoms with van der Waals surface area (Å²) in [6.45, 7) is 2.52. The van der Waals surface area contributed by atoms with Crippen LogP contribution in [0.4, 0.5) is 0 Å². The van der Waals surface area contributed by atoms with Crippen molar-refractivity contribution < 1.29 is 9.53 Å². The summed E-state index contributed by atoms with van der Waals surface area (Å²) in [4.78, 5) is 16.6. The predicted octanol–water partition coefficient (Wildman–Crippen LogP) is 1.80. The summed E-state index contributed by atoms with van der Waals surface area (Å²) in [5.41, 5.74) is 6.54. The van der Waals surface area contributed by atoms with Gasteiger partial charge in [-0.2, -0.15) is 0 Å². The van der Waals surface area contributed by atoms with Crippen LogP contribution in [0.2, 0.25) is 5.15 Å². The van der Waals surface area contributed by atoms with Gasteiger partial charge in [0.25, 0.3) is 0 Å². The fourth-order valence-electron chi connectivity index (χ4n) is 2.96. The molecule has 6 heteroatoms. The maximum atomic E-state index is 12.4. The smallest absolute Gasteiger partial charge is 0.244 e. The number of nitrogens with zero attached hydrogens (tertiary/aromatic N) is 1. The highest BCUT2D eigenvalue weighted by molar-refractivity contribution is 6.29. The molecule has 0 bridgehead atoms. The van der Waals surface area contributed by atoms with Crippen molar-refractivity contribution in [3.05, 3.63) is 28.5 Å². The third-order valence-corrected chi connectivity index (χ3v) is 3.95. The molecule has 5 nitrogen and oxygen atoms in total. The number of aromatic nitrogens is 1. The van der Waals surface area contributed by atoms with Crippen molar-refractivity contribution in [3.8, 4) is 0 Å². The van der Waals surface area contributed by atoms with Crippen molar-refractivity contribution in [1.29, 1.82) is 0 Å². The Hall–Kier alpha value is -1.17. The number of methoxy groups -OCH3 is 1. The normalized spacial score (nSPS) is 25.1. The highest BCUT2D eigenvalue weighted by atomic mass is 35.5. The largest absolute Gasteiger partial charge is 0.378 e. The molecule has 1 saturated carbocycles. The molecule has 20 heavy (non-hydrogen) atoms. The Kier molecular flexibility index (Phi) is 4.62. The van der Waals surface area contributed by atoms with E-state index in [1.54, 1.807) is 20.2 Å². The lowest BCUT2D eigenvalue weighted by molar-refractivity contribution is -0.132. The van der Waals surface area contributed by atoms with E-state index in [1.165, 1.54) is 0 Å². The molecule has 2 rings (SSSR count). The standard InChI is InChI=1S/C14H20ClN3O2/c1-9-6-14(7-9,13(19)18-16-2)10-4-11(8-20-3)17-12(15)5-10/h4-5,9,16H,6-8H2,1-3H3,(H,18,19). The van der Waals surface area contributed by atoms with Crippen LogP contribution in [0, 0.1) is 5.92 Å². The molecule has 1 aliphatic rings. The van der Waals surface area contributed by atoms with Gasteiger partial charge in [0.1, 0.15) is 5.15 Å².